The fourth-order valence-corrected chi connectivity index (χ4v) is 5.51. The molecule has 13 heteroatoms. The van der Waals surface area contributed by atoms with E-state index in [1.165, 1.54) is 12.0 Å². The van der Waals surface area contributed by atoms with Gasteiger partial charge in [0.15, 0.2) is 0 Å². The van der Waals surface area contributed by atoms with Gasteiger partial charge in [-0.1, -0.05) is 19.3 Å². The van der Waals surface area contributed by atoms with Gasteiger partial charge in [0.05, 0.1) is 19.8 Å². The number of Topliss-reactive ketones (excluding diaryl/α,β-unsaturated/α-hetero) is 1. The number of alkyl halides is 2. The van der Waals surface area contributed by atoms with Gasteiger partial charge in [0, 0.05) is 26.1 Å². The molecule has 3 rings (SSSR count). The molecule has 0 bridgehead atoms. The molecule has 1 heterocycles. The first-order chi connectivity index (χ1) is 18.4. The van der Waals surface area contributed by atoms with Crippen LogP contribution in [0.2, 0.25) is 0 Å². The monoisotopic (exact) mass is 558 g/mol. The van der Waals surface area contributed by atoms with Crippen LogP contribution in [0.3, 0.4) is 0 Å². The number of amides is 4. The van der Waals surface area contributed by atoms with Crippen molar-refractivity contribution in [3.63, 3.8) is 0 Å². The topological polar surface area (TPSA) is 143 Å². The number of halogens is 2. The van der Waals surface area contributed by atoms with E-state index in [1.54, 1.807) is 0 Å². The van der Waals surface area contributed by atoms with Crippen LogP contribution in [-0.2, 0) is 28.7 Å². The average molecular weight is 559 g/mol. The molecule has 3 atom stereocenters. The molecule has 3 fully saturated rings. The number of alkyl carbamates (subject to hydrolysis) is 1. The zero-order valence-corrected chi connectivity index (χ0v) is 22.9. The van der Waals surface area contributed by atoms with Gasteiger partial charge in [-0.05, 0) is 50.9 Å². The minimum atomic E-state index is -3.11. The van der Waals surface area contributed by atoms with E-state index in [0.29, 0.717) is 13.3 Å². The highest BCUT2D eigenvalue weighted by Crippen LogP contribution is 2.46. The maximum Gasteiger partial charge on any atom is 0.407 e. The van der Waals surface area contributed by atoms with E-state index >= 15 is 0 Å². The minimum absolute atomic E-state index is 0.125. The fourth-order valence-electron chi connectivity index (χ4n) is 5.51. The molecule has 0 unspecified atom stereocenters. The fraction of sp³-hybridized carbons (Fsp3) is 0.808. The molecule has 2 saturated carbocycles. The number of methoxy groups -OCH3 is 2. The first-order valence-electron chi connectivity index (χ1n) is 13.5. The summed E-state index contributed by atoms with van der Waals surface area (Å²) in [6.45, 7) is 0.801. The van der Waals surface area contributed by atoms with Crippen molar-refractivity contribution in [2.24, 2.45) is 5.41 Å². The highest BCUT2D eigenvalue weighted by atomic mass is 19.3. The molecule has 220 valence electrons. The lowest BCUT2D eigenvalue weighted by Crippen LogP contribution is -2.57. The molecule has 1 aliphatic heterocycles. The summed E-state index contributed by atoms with van der Waals surface area (Å²) < 4.78 is 37.1. The van der Waals surface area contributed by atoms with Gasteiger partial charge in [0.2, 0.25) is 23.5 Å². The summed E-state index contributed by atoms with van der Waals surface area (Å²) in [6.07, 6.45) is 4.30. The zero-order chi connectivity index (χ0) is 28.8. The first kappa shape index (κ1) is 30.7. The summed E-state index contributed by atoms with van der Waals surface area (Å²) >= 11 is 0. The lowest BCUT2D eigenvalue weighted by atomic mass is 9.72. The van der Waals surface area contributed by atoms with Gasteiger partial charge in [-0.15, -0.1) is 0 Å². The van der Waals surface area contributed by atoms with Gasteiger partial charge >= 0.3 is 6.09 Å². The van der Waals surface area contributed by atoms with E-state index in [9.17, 15) is 32.8 Å². The third kappa shape index (κ3) is 8.58. The molecule has 39 heavy (non-hydrogen) atoms. The van der Waals surface area contributed by atoms with E-state index in [0.717, 1.165) is 52.1 Å². The van der Waals surface area contributed by atoms with Crippen molar-refractivity contribution in [3.8, 4) is 0 Å². The molecule has 2 aliphatic carbocycles. The number of ketones is 1. The largest absolute Gasteiger partial charge is 0.453 e. The van der Waals surface area contributed by atoms with Gasteiger partial charge in [-0.3, -0.25) is 19.2 Å². The molecule has 0 aromatic carbocycles. The van der Waals surface area contributed by atoms with E-state index in [4.69, 9.17) is 4.74 Å². The Morgan fingerprint density at radius 1 is 1.03 bits per heavy atom. The molecular weight excluding hydrogens is 518 g/mol. The second-order valence-electron chi connectivity index (χ2n) is 11.2. The first-order valence-corrected chi connectivity index (χ1v) is 13.5. The number of carbonyl (C=O) groups is 5. The second-order valence-corrected chi connectivity index (χ2v) is 11.2. The maximum atomic E-state index is 13.7. The molecule has 0 aromatic heterocycles. The Balaban J connectivity index is 1.83. The number of rotatable bonds is 12. The number of nitrogens with one attached hydrogen (secondary N) is 3. The zero-order valence-electron chi connectivity index (χ0n) is 22.9. The van der Waals surface area contributed by atoms with Gasteiger partial charge in [0.1, 0.15) is 12.1 Å². The Kier molecular flexibility index (Phi) is 10.2. The van der Waals surface area contributed by atoms with Crippen molar-refractivity contribution in [2.75, 3.05) is 27.4 Å². The number of carbonyl (C=O) groups excluding carboxylic acids is 5. The van der Waals surface area contributed by atoms with Crippen LogP contribution < -0.4 is 16.0 Å². The normalized spacial score (nSPS) is 22.1. The van der Waals surface area contributed by atoms with Crippen molar-refractivity contribution in [1.29, 1.82) is 0 Å². The Bertz CT molecular complexity index is 932. The standard InChI is InChI=1S/C26H40F2N4O7/c1-25(27,28)12-9-17(20(33)22(35)29-16-7-8-16)30-21(34)19-13-26(10-5-4-6-11-26)15-32(19)23(36)18(14-38-2)31-24(37)39-3/h16-19H,4-15H2,1-3H3,(H,29,35)(H,30,34)(H,31,37)/t17-,18-,19-/m0/s1. The van der Waals surface area contributed by atoms with Crippen molar-refractivity contribution in [3.05, 3.63) is 0 Å². The molecule has 11 nitrogen and oxygen atoms in total. The third-order valence-corrected chi connectivity index (χ3v) is 7.76. The maximum absolute atomic E-state index is 13.7. The highest BCUT2D eigenvalue weighted by Gasteiger charge is 2.50. The summed E-state index contributed by atoms with van der Waals surface area (Å²) in [6, 6.07) is -3.74. The minimum Gasteiger partial charge on any atom is -0.453 e. The van der Waals surface area contributed by atoms with Gasteiger partial charge in [0.25, 0.3) is 5.91 Å². The Hall–Kier alpha value is -2.83. The summed E-state index contributed by atoms with van der Waals surface area (Å²) in [5.41, 5.74) is -0.321. The van der Waals surface area contributed by atoms with Crippen LogP contribution in [0.1, 0.15) is 71.1 Å². The lowest BCUT2D eigenvalue weighted by Gasteiger charge is -2.33. The van der Waals surface area contributed by atoms with Crippen molar-refractivity contribution in [2.45, 2.75) is 101 Å². The number of nitrogens with zero attached hydrogens (tertiary/aromatic N) is 1. The van der Waals surface area contributed by atoms with Crippen LogP contribution in [0, 0.1) is 5.41 Å². The number of hydrogen-bond acceptors (Lipinski definition) is 7. The van der Waals surface area contributed by atoms with Crippen LogP contribution in [0.4, 0.5) is 13.6 Å². The van der Waals surface area contributed by atoms with E-state index in [2.05, 4.69) is 20.7 Å². The van der Waals surface area contributed by atoms with E-state index in [1.807, 2.05) is 0 Å². The van der Waals surface area contributed by atoms with Crippen molar-refractivity contribution < 1.29 is 42.2 Å². The molecule has 3 aliphatic rings. The molecule has 1 saturated heterocycles. The van der Waals surface area contributed by atoms with Crippen LogP contribution in [0.15, 0.2) is 0 Å². The molecular formula is C26H40F2N4O7. The molecule has 1 spiro atoms. The predicted octanol–water partition coefficient (Wildman–Crippen LogP) is 1.68. The second kappa shape index (κ2) is 13.0. The third-order valence-electron chi connectivity index (χ3n) is 7.76. The average Bonchev–Trinajstić information content (AvgIpc) is 3.63. The number of hydrogen-bond donors (Lipinski definition) is 3. The lowest BCUT2D eigenvalue weighted by molar-refractivity contribution is -0.143. The van der Waals surface area contributed by atoms with E-state index < -0.39 is 66.5 Å². The Morgan fingerprint density at radius 3 is 2.26 bits per heavy atom. The van der Waals surface area contributed by atoms with E-state index in [-0.39, 0.29) is 24.6 Å². The van der Waals surface area contributed by atoms with Crippen LogP contribution >= 0.6 is 0 Å². The van der Waals surface area contributed by atoms with Crippen LogP contribution in [0.25, 0.3) is 0 Å². The van der Waals surface area contributed by atoms with Gasteiger partial charge < -0.3 is 30.3 Å². The van der Waals surface area contributed by atoms with Gasteiger partial charge in [-0.2, -0.15) is 0 Å². The molecule has 4 amide bonds. The molecule has 0 aromatic rings. The smallest absolute Gasteiger partial charge is 0.407 e. The highest BCUT2D eigenvalue weighted by molar-refractivity contribution is 6.38. The van der Waals surface area contributed by atoms with Crippen molar-refractivity contribution in [1.82, 2.24) is 20.9 Å². The Morgan fingerprint density at radius 2 is 1.69 bits per heavy atom. The number of likely N-dealkylation sites (tertiary alicyclic amines) is 1. The summed E-state index contributed by atoms with van der Waals surface area (Å²) in [7, 11) is 2.52. The van der Waals surface area contributed by atoms with Crippen LogP contribution in [-0.4, -0.2) is 92.0 Å². The van der Waals surface area contributed by atoms with Crippen LogP contribution in [0.5, 0.6) is 0 Å². The predicted molar refractivity (Wildman–Crippen MR) is 135 cm³/mol. The molecule has 3 N–H and O–H groups in total. The summed E-state index contributed by atoms with van der Waals surface area (Å²) in [5, 5.41) is 7.49. The summed E-state index contributed by atoms with van der Waals surface area (Å²) in [5.74, 6) is -6.28. The SMILES string of the molecule is COC[C@H](NC(=O)OC)C(=O)N1CC2(CCCCC2)C[C@H]1C(=O)N[C@@H](CCC(C)(F)F)C(=O)C(=O)NC1CC1. The summed E-state index contributed by atoms with van der Waals surface area (Å²) in [4.78, 5) is 65.8. The van der Waals surface area contributed by atoms with Gasteiger partial charge in [-0.25, -0.2) is 13.6 Å². The molecule has 0 radical (unpaired) electrons. The Labute approximate surface area is 227 Å². The quantitative estimate of drug-likeness (QED) is 0.309. The van der Waals surface area contributed by atoms with Crippen molar-refractivity contribution >= 4 is 29.6 Å². The number of ether oxygens (including phenoxy) is 2.